The third kappa shape index (κ3) is 2.51. The molecule has 1 amide bonds. The van der Waals surface area contributed by atoms with Gasteiger partial charge in [-0.25, -0.2) is 9.97 Å². The Hall–Kier alpha value is -2.88. The van der Waals surface area contributed by atoms with Crippen molar-refractivity contribution >= 4 is 11.6 Å². The Balaban J connectivity index is 1.66. The first-order valence-corrected chi connectivity index (χ1v) is 8.31. The summed E-state index contributed by atoms with van der Waals surface area (Å²) >= 11 is 0. The number of amides is 1. The normalized spacial score (nSPS) is 22.1. The van der Waals surface area contributed by atoms with Gasteiger partial charge in [0.2, 0.25) is 0 Å². The summed E-state index contributed by atoms with van der Waals surface area (Å²) in [4.78, 5) is 22.5. The number of hydrogen-bond donors (Lipinski definition) is 0. The quantitative estimate of drug-likeness (QED) is 0.686. The monoisotopic (exact) mass is 378 g/mol. The van der Waals surface area contributed by atoms with Gasteiger partial charge in [0.05, 0.1) is 42.3 Å². The van der Waals surface area contributed by atoms with E-state index >= 15 is 0 Å². The van der Waals surface area contributed by atoms with Crippen LogP contribution in [0.1, 0.15) is 22.5 Å². The van der Waals surface area contributed by atoms with E-state index < -0.39 is 11.7 Å². The Morgan fingerprint density at radius 1 is 1.30 bits per heavy atom. The van der Waals surface area contributed by atoms with Crippen molar-refractivity contribution in [3.8, 4) is 11.3 Å². The summed E-state index contributed by atoms with van der Waals surface area (Å²) in [7, 11) is 0. The minimum Gasteiger partial charge on any atom is -0.443 e. The molecule has 2 aliphatic heterocycles. The highest BCUT2D eigenvalue weighted by Gasteiger charge is 2.42. The molecule has 7 nitrogen and oxygen atoms in total. The lowest BCUT2D eigenvalue weighted by atomic mass is 10.1. The van der Waals surface area contributed by atoms with Crippen molar-refractivity contribution in [1.82, 2.24) is 19.3 Å². The SMILES string of the molecule is O=C(c1cnc2c(-c3cnco3)cc(C(F)(F)F)cn12)N1C[C@H]2C[C@@H]1CO2. The zero-order valence-electron chi connectivity index (χ0n) is 13.8. The summed E-state index contributed by atoms with van der Waals surface area (Å²) in [5.41, 5.74) is -0.513. The maximum Gasteiger partial charge on any atom is 0.417 e. The minimum atomic E-state index is -4.59. The number of nitrogens with zero attached hydrogens (tertiary/aromatic N) is 4. The van der Waals surface area contributed by atoms with Crippen LogP contribution in [0.4, 0.5) is 13.2 Å². The van der Waals surface area contributed by atoms with Gasteiger partial charge in [0.25, 0.3) is 5.91 Å². The number of halogens is 3. The molecule has 3 aromatic rings. The average Bonchev–Trinajstić information content (AvgIpc) is 3.43. The number of imidazole rings is 1. The molecular formula is C17H13F3N4O3. The zero-order chi connectivity index (χ0) is 18.8. The number of alkyl halides is 3. The molecule has 5 rings (SSSR count). The first-order valence-electron chi connectivity index (χ1n) is 8.31. The van der Waals surface area contributed by atoms with Gasteiger partial charge in [-0.2, -0.15) is 13.2 Å². The summed E-state index contributed by atoms with van der Waals surface area (Å²) < 4.78 is 52.0. The summed E-state index contributed by atoms with van der Waals surface area (Å²) in [6.07, 6.45) is 0.775. The van der Waals surface area contributed by atoms with E-state index in [1.54, 1.807) is 4.90 Å². The van der Waals surface area contributed by atoms with Crippen LogP contribution in [-0.4, -0.2) is 50.5 Å². The van der Waals surface area contributed by atoms with E-state index in [0.717, 1.165) is 25.1 Å². The first kappa shape index (κ1) is 16.3. The third-order valence-corrected chi connectivity index (χ3v) is 5.01. The van der Waals surface area contributed by atoms with Gasteiger partial charge in [-0.3, -0.25) is 9.20 Å². The lowest BCUT2D eigenvalue weighted by Gasteiger charge is -2.26. The van der Waals surface area contributed by atoms with Crippen LogP contribution in [0.2, 0.25) is 0 Å². The number of rotatable bonds is 2. The molecule has 0 radical (unpaired) electrons. The molecule has 2 aliphatic rings. The smallest absolute Gasteiger partial charge is 0.417 e. The van der Waals surface area contributed by atoms with Crippen molar-refractivity contribution in [2.45, 2.75) is 24.7 Å². The highest BCUT2D eigenvalue weighted by Crippen LogP contribution is 2.35. The van der Waals surface area contributed by atoms with Crippen LogP contribution in [0.15, 0.2) is 35.5 Å². The number of likely N-dealkylation sites (tertiary alicyclic amines) is 1. The molecule has 2 bridgehead atoms. The maximum absolute atomic E-state index is 13.4. The molecular weight excluding hydrogens is 365 g/mol. The lowest BCUT2D eigenvalue weighted by Crippen LogP contribution is -2.41. The van der Waals surface area contributed by atoms with E-state index in [2.05, 4.69) is 9.97 Å². The average molecular weight is 378 g/mol. The maximum atomic E-state index is 13.4. The minimum absolute atomic E-state index is 0.00590. The van der Waals surface area contributed by atoms with E-state index in [1.165, 1.54) is 16.8 Å². The number of ether oxygens (including phenoxy) is 1. The van der Waals surface area contributed by atoms with E-state index in [-0.39, 0.29) is 40.7 Å². The van der Waals surface area contributed by atoms with Gasteiger partial charge in [0.1, 0.15) is 11.3 Å². The molecule has 140 valence electrons. The van der Waals surface area contributed by atoms with Crippen LogP contribution < -0.4 is 0 Å². The molecule has 27 heavy (non-hydrogen) atoms. The van der Waals surface area contributed by atoms with E-state index in [4.69, 9.17) is 9.15 Å². The molecule has 0 spiro atoms. The number of aromatic nitrogens is 3. The van der Waals surface area contributed by atoms with Gasteiger partial charge in [-0.1, -0.05) is 0 Å². The van der Waals surface area contributed by atoms with E-state index in [9.17, 15) is 18.0 Å². The fourth-order valence-electron chi connectivity index (χ4n) is 3.73. The second-order valence-corrected chi connectivity index (χ2v) is 6.65. The summed E-state index contributed by atoms with van der Waals surface area (Å²) in [5, 5.41) is 0. The number of carbonyl (C=O) groups excluding carboxylic acids is 1. The molecule has 0 aromatic carbocycles. The molecule has 0 aliphatic carbocycles. The molecule has 5 heterocycles. The number of fused-ring (bicyclic) bond motifs is 3. The Morgan fingerprint density at radius 2 is 2.15 bits per heavy atom. The van der Waals surface area contributed by atoms with Crippen molar-refractivity contribution < 1.29 is 27.1 Å². The van der Waals surface area contributed by atoms with Crippen molar-refractivity contribution in [2.24, 2.45) is 0 Å². The Morgan fingerprint density at radius 3 is 2.78 bits per heavy atom. The molecule has 0 N–H and O–H groups in total. The Labute approximate surface area is 150 Å². The number of pyridine rings is 1. The predicted octanol–water partition coefficient (Wildman–Crippen LogP) is 2.62. The molecule has 10 heteroatoms. The molecule has 2 fully saturated rings. The number of oxazole rings is 1. The van der Waals surface area contributed by atoms with Crippen molar-refractivity contribution in [2.75, 3.05) is 13.2 Å². The lowest BCUT2D eigenvalue weighted by molar-refractivity contribution is -0.137. The third-order valence-electron chi connectivity index (χ3n) is 5.01. The number of hydrogen-bond acceptors (Lipinski definition) is 5. The van der Waals surface area contributed by atoms with Gasteiger partial charge >= 0.3 is 6.18 Å². The van der Waals surface area contributed by atoms with E-state index in [1.807, 2.05) is 0 Å². The van der Waals surface area contributed by atoms with Gasteiger partial charge in [-0.15, -0.1) is 0 Å². The van der Waals surface area contributed by atoms with Crippen LogP contribution in [0, 0.1) is 0 Å². The Bertz CT molecular complexity index is 1030. The highest BCUT2D eigenvalue weighted by molar-refractivity contribution is 5.94. The van der Waals surface area contributed by atoms with Crippen molar-refractivity contribution in [3.05, 3.63) is 42.3 Å². The largest absolute Gasteiger partial charge is 0.443 e. The van der Waals surface area contributed by atoms with Crippen molar-refractivity contribution in [1.29, 1.82) is 0 Å². The molecule has 0 saturated carbocycles. The summed E-state index contributed by atoms with van der Waals surface area (Å²) in [6, 6.07) is 0.899. The standard InChI is InChI=1S/C17H13F3N4O3/c18-17(19,20)9-1-12(14-4-21-8-27-14)15-22-3-13(24(15)5-9)16(25)23-6-11-2-10(23)7-26-11/h1,3-5,8,10-11H,2,6-7H2/t10-,11-/m1/s1. The van der Waals surface area contributed by atoms with Crippen LogP contribution >= 0.6 is 0 Å². The number of carbonyl (C=O) groups is 1. The Kier molecular flexibility index (Phi) is 3.36. The van der Waals surface area contributed by atoms with Gasteiger partial charge in [-0.05, 0) is 12.5 Å². The zero-order valence-corrected chi connectivity index (χ0v) is 13.8. The fraction of sp³-hybridized carbons (Fsp3) is 0.353. The summed E-state index contributed by atoms with van der Waals surface area (Å²) in [6.45, 7) is 0.884. The molecule has 3 aromatic heterocycles. The second-order valence-electron chi connectivity index (χ2n) is 6.65. The van der Waals surface area contributed by atoms with Crippen molar-refractivity contribution in [3.63, 3.8) is 0 Å². The molecule has 2 saturated heterocycles. The van der Waals surface area contributed by atoms with Crippen LogP contribution in [0.25, 0.3) is 17.0 Å². The van der Waals surface area contributed by atoms with Gasteiger partial charge in [0.15, 0.2) is 12.2 Å². The van der Waals surface area contributed by atoms with Gasteiger partial charge < -0.3 is 14.1 Å². The summed E-state index contributed by atoms with van der Waals surface area (Å²) in [5.74, 6) is -0.217. The number of morpholine rings is 1. The topological polar surface area (TPSA) is 72.9 Å². The second kappa shape index (κ2) is 5.56. The fourth-order valence-corrected chi connectivity index (χ4v) is 3.73. The highest BCUT2D eigenvalue weighted by atomic mass is 19.4. The van der Waals surface area contributed by atoms with Crippen LogP contribution in [0.3, 0.4) is 0 Å². The molecule has 2 atom stereocenters. The first-order chi connectivity index (χ1) is 12.9. The molecule has 0 unspecified atom stereocenters. The van der Waals surface area contributed by atoms with Gasteiger partial charge in [0, 0.05) is 12.7 Å². The van der Waals surface area contributed by atoms with E-state index in [0.29, 0.717) is 13.2 Å². The van der Waals surface area contributed by atoms with Crippen LogP contribution in [0.5, 0.6) is 0 Å². The predicted molar refractivity (Wildman–Crippen MR) is 84.9 cm³/mol. The van der Waals surface area contributed by atoms with Crippen LogP contribution in [-0.2, 0) is 10.9 Å².